The molecule has 1 atom stereocenters. The molecule has 1 saturated carbocycles. The summed E-state index contributed by atoms with van der Waals surface area (Å²) in [6, 6.07) is 0.526. The second-order valence-electron chi connectivity index (χ2n) is 4.48. The van der Waals surface area contributed by atoms with E-state index in [1.165, 1.54) is 25.7 Å². The Morgan fingerprint density at radius 1 is 1.35 bits per heavy atom. The normalized spacial score (nSPS) is 18.2. The van der Waals surface area contributed by atoms with Crippen LogP contribution in [0.15, 0.2) is 0 Å². The van der Waals surface area contributed by atoms with E-state index >= 15 is 0 Å². The van der Waals surface area contributed by atoms with Crippen LogP contribution >= 0.6 is 0 Å². The van der Waals surface area contributed by atoms with Crippen LogP contribution in [-0.2, 0) is 14.3 Å². The van der Waals surface area contributed by atoms with Gasteiger partial charge in [0.25, 0.3) is 0 Å². The van der Waals surface area contributed by atoms with Crippen LogP contribution in [0.2, 0.25) is 0 Å². The van der Waals surface area contributed by atoms with Crippen molar-refractivity contribution in [2.24, 2.45) is 0 Å². The van der Waals surface area contributed by atoms with Crippen molar-refractivity contribution in [1.82, 2.24) is 10.6 Å². The Balaban J connectivity index is 2.07. The molecule has 100 valence electrons. The van der Waals surface area contributed by atoms with E-state index in [0.717, 1.165) is 0 Å². The Morgan fingerprint density at radius 3 is 2.65 bits per heavy atom. The van der Waals surface area contributed by atoms with Gasteiger partial charge in [-0.25, -0.2) is 0 Å². The minimum atomic E-state index is -0.0737. The fourth-order valence-corrected chi connectivity index (χ4v) is 2.05. The average Bonchev–Trinajstić information content (AvgIpc) is 2.85. The molecular formula is C12H24N2O3. The monoisotopic (exact) mass is 244 g/mol. The lowest BCUT2D eigenvalue weighted by Crippen LogP contribution is -2.42. The number of rotatable bonds is 8. The maximum Gasteiger partial charge on any atom is 0.234 e. The molecule has 0 aromatic heterocycles. The number of hydrogen-bond acceptors (Lipinski definition) is 4. The summed E-state index contributed by atoms with van der Waals surface area (Å²) in [5, 5.41) is 6.11. The summed E-state index contributed by atoms with van der Waals surface area (Å²) < 4.78 is 10.1. The number of ether oxygens (including phenoxy) is 2. The highest BCUT2D eigenvalue weighted by molar-refractivity contribution is 5.78. The lowest BCUT2D eigenvalue weighted by atomic mass is 10.2. The summed E-state index contributed by atoms with van der Waals surface area (Å²) in [5.74, 6) is 0.0232. The van der Waals surface area contributed by atoms with E-state index < -0.39 is 0 Å². The number of carbonyl (C=O) groups excluding carboxylic acids is 1. The van der Waals surface area contributed by atoms with E-state index in [1.54, 1.807) is 14.2 Å². The highest BCUT2D eigenvalue weighted by atomic mass is 16.5. The third-order valence-corrected chi connectivity index (χ3v) is 3.12. The van der Waals surface area contributed by atoms with Crippen LogP contribution in [0.1, 0.15) is 25.7 Å². The van der Waals surface area contributed by atoms with Crippen molar-refractivity contribution in [3.8, 4) is 0 Å². The maximum absolute atomic E-state index is 11.6. The molecule has 0 spiro atoms. The quantitative estimate of drug-likeness (QED) is 0.644. The minimum absolute atomic E-state index is 0.0232. The van der Waals surface area contributed by atoms with Gasteiger partial charge in [0.15, 0.2) is 0 Å². The van der Waals surface area contributed by atoms with Gasteiger partial charge < -0.3 is 20.1 Å². The Morgan fingerprint density at radius 2 is 2.06 bits per heavy atom. The largest absolute Gasteiger partial charge is 0.382 e. The molecule has 0 aromatic carbocycles. The predicted octanol–water partition coefficient (Wildman–Crippen LogP) is 0.296. The molecular weight excluding hydrogens is 220 g/mol. The van der Waals surface area contributed by atoms with Crippen LogP contribution in [0.4, 0.5) is 0 Å². The Kier molecular flexibility index (Phi) is 7.16. The molecule has 1 aliphatic carbocycles. The molecule has 0 saturated heterocycles. The minimum Gasteiger partial charge on any atom is -0.382 e. The standard InChI is InChI=1S/C12H24N2O3/c1-16-9-11(17-2)7-14-12(15)8-13-10-5-3-4-6-10/h10-11,13H,3-9H2,1-2H3,(H,14,15). The molecule has 0 radical (unpaired) electrons. The topological polar surface area (TPSA) is 59.6 Å². The fraction of sp³-hybridized carbons (Fsp3) is 0.917. The summed E-state index contributed by atoms with van der Waals surface area (Å²) in [7, 11) is 3.24. The van der Waals surface area contributed by atoms with Gasteiger partial charge in [0.1, 0.15) is 0 Å². The number of nitrogens with one attached hydrogen (secondary N) is 2. The zero-order chi connectivity index (χ0) is 12.5. The molecule has 2 N–H and O–H groups in total. The van der Waals surface area contributed by atoms with Crippen molar-refractivity contribution in [2.75, 3.05) is 33.9 Å². The Hall–Kier alpha value is -0.650. The van der Waals surface area contributed by atoms with Gasteiger partial charge in [-0.2, -0.15) is 0 Å². The summed E-state index contributed by atoms with van der Waals surface area (Å²) >= 11 is 0. The molecule has 0 aromatic rings. The summed E-state index contributed by atoms with van der Waals surface area (Å²) in [5.41, 5.74) is 0. The lowest BCUT2D eigenvalue weighted by Gasteiger charge is -2.16. The van der Waals surface area contributed by atoms with Gasteiger partial charge in [-0.3, -0.25) is 4.79 Å². The van der Waals surface area contributed by atoms with Crippen molar-refractivity contribution in [2.45, 2.75) is 37.8 Å². The first kappa shape index (κ1) is 14.4. The van der Waals surface area contributed by atoms with Crippen molar-refractivity contribution < 1.29 is 14.3 Å². The molecule has 1 unspecified atom stereocenters. The number of hydrogen-bond donors (Lipinski definition) is 2. The van der Waals surface area contributed by atoms with Crippen LogP contribution < -0.4 is 10.6 Å². The van der Waals surface area contributed by atoms with Gasteiger partial charge in [-0.15, -0.1) is 0 Å². The van der Waals surface area contributed by atoms with E-state index in [2.05, 4.69) is 10.6 Å². The second kappa shape index (κ2) is 8.44. The molecule has 1 amide bonds. The van der Waals surface area contributed by atoms with Crippen LogP contribution in [-0.4, -0.2) is 52.0 Å². The van der Waals surface area contributed by atoms with Gasteiger partial charge in [0.2, 0.25) is 5.91 Å². The molecule has 17 heavy (non-hydrogen) atoms. The molecule has 1 fully saturated rings. The zero-order valence-electron chi connectivity index (χ0n) is 10.8. The van der Waals surface area contributed by atoms with E-state index in [0.29, 0.717) is 25.7 Å². The van der Waals surface area contributed by atoms with Crippen molar-refractivity contribution in [1.29, 1.82) is 0 Å². The number of carbonyl (C=O) groups is 1. The molecule has 0 aliphatic heterocycles. The molecule has 1 aliphatic rings. The van der Waals surface area contributed by atoms with Crippen LogP contribution in [0.25, 0.3) is 0 Å². The third-order valence-electron chi connectivity index (χ3n) is 3.12. The third kappa shape index (κ3) is 6.00. The first-order chi connectivity index (χ1) is 8.26. The molecule has 1 rings (SSSR count). The van der Waals surface area contributed by atoms with Crippen LogP contribution in [0, 0.1) is 0 Å². The SMILES string of the molecule is COCC(CNC(=O)CNC1CCCC1)OC. The number of methoxy groups -OCH3 is 2. The zero-order valence-corrected chi connectivity index (χ0v) is 10.8. The first-order valence-corrected chi connectivity index (χ1v) is 6.28. The fourth-order valence-electron chi connectivity index (χ4n) is 2.05. The van der Waals surface area contributed by atoms with Crippen molar-refractivity contribution in [3.05, 3.63) is 0 Å². The van der Waals surface area contributed by atoms with E-state index in [9.17, 15) is 4.79 Å². The smallest absolute Gasteiger partial charge is 0.234 e. The molecule has 5 nitrogen and oxygen atoms in total. The highest BCUT2D eigenvalue weighted by Gasteiger charge is 2.15. The number of amides is 1. The van der Waals surface area contributed by atoms with Crippen LogP contribution in [0.3, 0.4) is 0 Å². The molecule has 5 heteroatoms. The summed E-state index contributed by atoms with van der Waals surface area (Å²) in [4.78, 5) is 11.6. The summed E-state index contributed by atoms with van der Waals surface area (Å²) in [6.07, 6.45) is 4.86. The van der Waals surface area contributed by atoms with Crippen LogP contribution in [0.5, 0.6) is 0 Å². The first-order valence-electron chi connectivity index (χ1n) is 6.28. The summed E-state index contributed by atoms with van der Waals surface area (Å²) in [6.45, 7) is 1.39. The van der Waals surface area contributed by atoms with Gasteiger partial charge >= 0.3 is 0 Å². The van der Waals surface area contributed by atoms with Gasteiger partial charge in [-0.1, -0.05) is 12.8 Å². The molecule has 0 bridgehead atoms. The highest BCUT2D eigenvalue weighted by Crippen LogP contribution is 2.17. The van der Waals surface area contributed by atoms with E-state index in [-0.39, 0.29) is 12.0 Å². The lowest BCUT2D eigenvalue weighted by molar-refractivity contribution is -0.121. The second-order valence-corrected chi connectivity index (χ2v) is 4.48. The predicted molar refractivity (Wildman–Crippen MR) is 65.9 cm³/mol. The van der Waals surface area contributed by atoms with Gasteiger partial charge in [-0.05, 0) is 12.8 Å². The van der Waals surface area contributed by atoms with Crippen molar-refractivity contribution in [3.63, 3.8) is 0 Å². The van der Waals surface area contributed by atoms with Crippen molar-refractivity contribution >= 4 is 5.91 Å². The molecule has 0 heterocycles. The maximum atomic E-state index is 11.6. The van der Waals surface area contributed by atoms with Gasteiger partial charge in [0.05, 0.1) is 19.3 Å². The van der Waals surface area contributed by atoms with E-state index in [1.807, 2.05) is 0 Å². The van der Waals surface area contributed by atoms with Gasteiger partial charge in [0, 0.05) is 26.8 Å². The Bertz CT molecular complexity index is 218. The Labute approximate surface area is 103 Å². The van der Waals surface area contributed by atoms with E-state index in [4.69, 9.17) is 9.47 Å². The average molecular weight is 244 g/mol.